The van der Waals surface area contributed by atoms with E-state index in [1.54, 1.807) is 24.3 Å². The van der Waals surface area contributed by atoms with Crippen LogP contribution in [0.4, 0.5) is 5.69 Å². The Hall–Kier alpha value is -2.16. The number of aryl methyl sites for hydroxylation is 1. The summed E-state index contributed by atoms with van der Waals surface area (Å²) < 4.78 is 5.60. The third-order valence-electron chi connectivity index (χ3n) is 2.31. The molecule has 82 valence electrons. The van der Waals surface area contributed by atoms with E-state index in [2.05, 4.69) is 0 Å². The van der Waals surface area contributed by atoms with Gasteiger partial charge in [-0.2, -0.15) is 0 Å². The zero-order valence-corrected chi connectivity index (χ0v) is 8.97. The largest absolute Gasteiger partial charge is 0.508 e. The van der Waals surface area contributed by atoms with Crippen LogP contribution in [0.1, 0.15) is 5.56 Å². The summed E-state index contributed by atoms with van der Waals surface area (Å²) in [6.45, 7) is 1.93. The summed E-state index contributed by atoms with van der Waals surface area (Å²) in [6, 6.07) is 12.1. The monoisotopic (exact) mass is 215 g/mol. The number of rotatable bonds is 2. The van der Waals surface area contributed by atoms with Gasteiger partial charge in [0.25, 0.3) is 0 Å². The molecule has 0 heterocycles. The first-order chi connectivity index (χ1) is 7.65. The zero-order chi connectivity index (χ0) is 11.5. The number of nitrogens with two attached hydrogens (primary N) is 1. The van der Waals surface area contributed by atoms with Gasteiger partial charge in [-0.15, -0.1) is 0 Å². The van der Waals surface area contributed by atoms with E-state index in [9.17, 15) is 0 Å². The molecule has 0 unspecified atom stereocenters. The van der Waals surface area contributed by atoms with E-state index in [-0.39, 0.29) is 5.75 Å². The Morgan fingerprint density at radius 2 is 1.62 bits per heavy atom. The molecule has 0 aliphatic rings. The summed E-state index contributed by atoms with van der Waals surface area (Å²) in [7, 11) is 0. The Morgan fingerprint density at radius 3 is 2.25 bits per heavy atom. The molecular formula is C13H13NO2. The highest BCUT2D eigenvalue weighted by atomic mass is 16.5. The van der Waals surface area contributed by atoms with Crippen LogP contribution in [0.3, 0.4) is 0 Å². The van der Waals surface area contributed by atoms with Crippen LogP contribution in [0.5, 0.6) is 17.2 Å². The molecule has 2 aromatic carbocycles. The van der Waals surface area contributed by atoms with Crippen LogP contribution < -0.4 is 10.5 Å². The van der Waals surface area contributed by atoms with E-state index in [1.165, 1.54) is 0 Å². The summed E-state index contributed by atoms with van der Waals surface area (Å²) in [5.74, 6) is 1.64. The first kappa shape index (κ1) is 10.4. The minimum Gasteiger partial charge on any atom is -0.508 e. The Labute approximate surface area is 94.1 Å². The Kier molecular flexibility index (Phi) is 2.68. The van der Waals surface area contributed by atoms with E-state index in [0.29, 0.717) is 5.75 Å². The Morgan fingerprint density at radius 1 is 1.00 bits per heavy atom. The van der Waals surface area contributed by atoms with Gasteiger partial charge in [0.1, 0.15) is 17.2 Å². The number of ether oxygens (including phenoxy) is 1. The number of benzene rings is 2. The molecule has 0 bridgehead atoms. The standard InChI is InChI=1S/C13H13NO2/c1-9-8-12(6-7-13(9)14)16-11-4-2-10(15)3-5-11/h2-8,15H,14H2,1H3. The quantitative estimate of drug-likeness (QED) is 0.757. The van der Waals surface area contributed by atoms with Gasteiger partial charge < -0.3 is 15.6 Å². The van der Waals surface area contributed by atoms with Crippen LogP contribution in [0.15, 0.2) is 42.5 Å². The van der Waals surface area contributed by atoms with Crippen molar-refractivity contribution in [1.29, 1.82) is 0 Å². The van der Waals surface area contributed by atoms with Crippen molar-refractivity contribution in [3.63, 3.8) is 0 Å². The average Bonchev–Trinajstić information content (AvgIpc) is 2.27. The van der Waals surface area contributed by atoms with Crippen molar-refractivity contribution < 1.29 is 9.84 Å². The zero-order valence-electron chi connectivity index (χ0n) is 8.97. The number of hydrogen-bond acceptors (Lipinski definition) is 3. The second kappa shape index (κ2) is 4.14. The lowest BCUT2D eigenvalue weighted by Crippen LogP contribution is -1.90. The molecule has 0 atom stereocenters. The number of phenols is 1. The molecule has 0 spiro atoms. The molecule has 2 aromatic rings. The molecular weight excluding hydrogens is 202 g/mol. The van der Waals surface area contributed by atoms with E-state index in [4.69, 9.17) is 15.6 Å². The van der Waals surface area contributed by atoms with Crippen LogP contribution in [-0.2, 0) is 0 Å². The predicted molar refractivity (Wildman–Crippen MR) is 63.8 cm³/mol. The highest BCUT2D eigenvalue weighted by Crippen LogP contribution is 2.25. The highest BCUT2D eigenvalue weighted by Gasteiger charge is 1.99. The minimum atomic E-state index is 0.223. The number of anilines is 1. The molecule has 0 radical (unpaired) electrons. The molecule has 0 aliphatic heterocycles. The van der Waals surface area contributed by atoms with Gasteiger partial charge in [0.05, 0.1) is 0 Å². The Balaban J connectivity index is 2.20. The summed E-state index contributed by atoms with van der Waals surface area (Å²) in [5.41, 5.74) is 7.44. The van der Waals surface area contributed by atoms with Crippen LogP contribution in [-0.4, -0.2) is 5.11 Å². The van der Waals surface area contributed by atoms with Gasteiger partial charge in [0, 0.05) is 5.69 Å². The average molecular weight is 215 g/mol. The molecule has 0 aliphatic carbocycles. The van der Waals surface area contributed by atoms with Gasteiger partial charge in [0.2, 0.25) is 0 Å². The molecule has 16 heavy (non-hydrogen) atoms. The van der Waals surface area contributed by atoms with Crippen LogP contribution in [0.2, 0.25) is 0 Å². The minimum absolute atomic E-state index is 0.223. The SMILES string of the molecule is Cc1cc(Oc2ccc(O)cc2)ccc1N. The molecule has 0 amide bonds. The van der Waals surface area contributed by atoms with Crippen molar-refractivity contribution in [3.05, 3.63) is 48.0 Å². The first-order valence-corrected chi connectivity index (χ1v) is 4.98. The fourth-order valence-corrected chi connectivity index (χ4v) is 1.36. The van der Waals surface area contributed by atoms with Crippen LogP contribution in [0.25, 0.3) is 0 Å². The van der Waals surface area contributed by atoms with Crippen molar-refractivity contribution >= 4 is 5.69 Å². The number of hydrogen-bond donors (Lipinski definition) is 2. The fourth-order valence-electron chi connectivity index (χ4n) is 1.36. The van der Waals surface area contributed by atoms with Gasteiger partial charge in [-0.1, -0.05) is 0 Å². The first-order valence-electron chi connectivity index (χ1n) is 4.98. The lowest BCUT2D eigenvalue weighted by molar-refractivity contribution is 0.464. The maximum atomic E-state index is 9.13. The number of nitrogen functional groups attached to an aromatic ring is 1. The maximum absolute atomic E-state index is 9.13. The number of phenolic OH excluding ortho intramolecular Hbond substituents is 1. The molecule has 0 saturated heterocycles. The van der Waals surface area contributed by atoms with Crippen molar-refractivity contribution in [1.82, 2.24) is 0 Å². The second-order valence-electron chi connectivity index (χ2n) is 3.61. The van der Waals surface area contributed by atoms with E-state index >= 15 is 0 Å². The lowest BCUT2D eigenvalue weighted by Gasteiger charge is -2.07. The predicted octanol–water partition coefficient (Wildman–Crippen LogP) is 3.08. The molecule has 2 rings (SSSR count). The van der Waals surface area contributed by atoms with E-state index < -0.39 is 0 Å². The van der Waals surface area contributed by atoms with Crippen LogP contribution >= 0.6 is 0 Å². The molecule has 0 aromatic heterocycles. The fraction of sp³-hybridized carbons (Fsp3) is 0.0769. The summed E-state index contributed by atoms with van der Waals surface area (Å²) >= 11 is 0. The molecule has 3 N–H and O–H groups in total. The topological polar surface area (TPSA) is 55.5 Å². The summed E-state index contributed by atoms with van der Waals surface area (Å²) in [5, 5.41) is 9.13. The maximum Gasteiger partial charge on any atom is 0.127 e. The Bertz CT molecular complexity index is 492. The number of aromatic hydroxyl groups is 1. The normalized spacial score (nSPS) is 10.1. The van der Waals surface area contributed by atoms with Gasteiger partial charge in [0.15, 0.2) is 0 Å². The third kappa shape index (κ3) is 2.25. The highest BCUT2D eigenvalue weighted by molar-refractivity contribution is 5.50. The van der Waals surface area contributed by atoms with Gasteiger partial charge in [-0.3, -0.25) is 0 Å². The van der Waals surface area contributed by atoms with Crippen molar-refractivity contribution in [3.8, 4) is 17.2 Å². The van der Waals surface area contributed by atoms with Crippen molar-refractivity contribution in [2.75, 3.05) is 5.73 Å². The van der Waals surface area contributed by atoms with Crippen molar-refractivity contribution in [2.45, 2.75) is 6.92 Å². The molecule has 0 fully saturated rings. The van der Waals surface area contributed by atoms with Gasteiger partial charge >= 0.3 is 0 Å². The van der Waals surface area contributed by atoms with Crippen molar-refractivity contribution in [2.24, 2.45) is 0 Å². The molecule has 3 heteroatoms. The van der Waals surface area contributed by atoms with Gasteiger partial charge in [-0.25, -0.2) is 0 Å². The third-order valence-corrected chi connectivity index (χ3v) is 2.31. The lowest BCUT2D eigenvalue weighted by atomic mass is 10.2. The van der Waals surface area contributed by atoms with E-state index in [0.717, 1.165) is 17.0 Å². The molecule has 3 nitrogen and oxygen atoms in total. The van der Waals surface area contributed by atoms with E-state index in [1.807, 2.05) is 25.1 Å². The van der Waals surface area contributed by atoms with Crippen LogP contribution in [0, 0.1) is 6.92 Å². The molecule has 0 saturated carbocycles. The summed E-state index contributed by atoms with van der Waals surface area (Å²) in [4.78, 5) is 0. The summed E-state index contributed by atoms with van der Waals surface area (Å²) in [6.07, 6.45) is 0. The second-order valence-corrected chi connectivity index (χ2v) is 3.61. The smallest absolute Gasteiger partial charge is 0.127 e. The van der Waals surface area contributed by atoms with Gasteiger partial charge in [-0.05, 0) is 55.0 Å².